The molecule has 2 rings (SSSR count). The first kappa shape index (κ1) is 16.0. The van der Waals surface area contributed by atoms with Crippen LogP contribution in [0.15, 0.2) is 24.3 Å². The molecular weight excluding hydrogens is 284 g/mol. The maximum atomic E-state index is 12.4. The van der Waals surface area contributed by atoms with Crippen molar-refractivity contribution in [1.82, 2.24) is 4.31 Å². The zero-order chi connectivity index (χ0) is 15.3. The Bertz CT molecular complexity index is 613. The van der Waals surface area contributed by atoms with Crippen molar-refractivity contribution in [2.75, 3.05) is 12.8 Å². The van der Waals surface area contributed by atoms with Gasteiger partial charge in [0.1, 0.15) is 0 Å². The zero-order valence-corrected chi connectivity index (χ0v) is 13.3. The highest BCUT2D eigenvalue weighted by Gasteiger charge is 2.24. The van der Waals surface area contributed by atoms with Crippen molar-refractivity contribution in [1.29, 1.82) is 5.26 Å². The lowest BCUT2D eigenvalue weighted by atomic mass is 9.91. The largest absolute Gasteiger partial charge is 0.214 e. The van der Waals surface area contributed by atoms with Gasteiger partial charge in [0, 0.05) is 13.6 Å². The fraction of sp³-hybridized carbons (Fsp3) is 0.562. The van der Waals surface area contributed by atoms with Crippen molar-refractivity contribution in [3.05, 3.63) is 35.4 Å². The molecule has 114 valence electrons. The average Bonchev–Trinajstić information content (AvgIpc) is 2.48. The first-order valence-corrected chi connectivity index (χ1v) is 9.05. The van der Waals surface area contributed by atoms with Crippen LogP contribution >= 0.6 is 0 Å². The van der Waals surface area contributed by atoms with Gasteiger partial charge in [0.2, 0.25) is 10.0 Å². The van der Waals surface area contributed by atoms with Gasteiger partial charge >= 0.3 is 0 Å². The van der Waals surface area contributed by atoms with Crippen molar-refractivity contribution in [2.45, 2.75) is 38.6 Å². The fourth-order valence-electron chi connectivity index (χ4n) is 2.87. The van der Waals surface area contributed by atoms with E-state index in [4.69, 9.17) is 5.26 Å². The summed E-state index contributed by atoms with van der Waals surface area (Å²) in [5.74, 6) is 0.554. The Hall–Kier alpha value is -1.38. The van der Waals surface area contributed by atoms with Crippen LogP contribution in [0.3, 0.4) is 0 Å². The monoisotopic (exact) mass is 306 g/mol. The molecule has 0 spiro atoms. The van der Waals surface area contributed by atoms with Gasteiger partial charge in [0.25, 0.3) is 0 Å². The number of nitrogens with zero attached hydrogens (tertiary/aromatic N) is 2. The highest BCUT2D eigenvalue weighted by Crippen LogP contribution is 2.25. The van der Waals surface area contributed by atoms with Crippen molar-refractivity contribution >= 4 is 10.0 Å². The van der Waals surface area contributed by atoms with Crippen molar-refractivity contribution in [2.24, 2.45) is 5.92 Å². The van der Waals surface area contributed by atoms with Crippen molar-refractivity contribution < 1.29 is 8.42 Å². The molecule has 0 aromatic heterocycles. The van der Waals surface area contributed by atoms with Crippen LogP contribution in [0.4, 0.5) is 0 Å². The van der Waals surface area contributed by atoms with Crippen molar-refractivity contribution in [3.63, 3.8) is 0 Å². The van der Waals surface area contributed by atoms with Crippen LogP contribution in [0.25, 0.3) is 0 Å². The molecule has 0 amide bonds. The number of hydrogen-bond donors (Lipinski definition) is 0. The standard InChI is InChI=1S/C16H22N2O2S/c1-18(12-16-9-5-8-15(10-16)11-17)21(19,20)13-14-6-3-2-4-7-14/h5,8-10,14H,2-4,6-7,12-13H2,1H3. The topological polar surface area (TPSA) is 61.2 Å². The van der Waals surface area contributed by atoms with E-state index in [1.54, 1.807) is 25.2 Å². The van der Waals surface area contributed by atoms with E-state index in [2.05, 4.69) is 6.07 Å². The minimum Gasteiger partial charge on any atom is -0.212 e. The van der Waals surface area contributed by atoms with Gasteiger partial charge in [-0.25, -0.2) is 12.7 Å². The molecule has 0 saturated heterocycles. The Morgan fingerprint density at radius 1 is 1.29 bits per heavy atom. The Kier molecular flexibility index (Phi) is 5.38. The number of sulfonamides is 1. The highest BCUT2D eigenvalue weighted by molar-refractivity contribution is 7.89. The first-order chi connectivity index (χ1) is 10.0. The number of nitriles is 1. The van der Waals surface area contributed by atoms with Crippen LogP contribution in [0.2, 0.25) is 0 Å². The molecule has 1 aliphatic carbocycles. The minimum atomic E-state index is -3.23. The SMILES string of the molecule is CN(Cc1cccc(C#N)c1)S(=O)(=O)CC1CCCCC1. The van der Waals surface area contributed by atoms with Crippen LogP contribution in [-0.4, -0.2) is 25.5 Å². The number of hydrogen-bond acceptors (Lipinski definition) is 3. The highest BCUT2D eigenvalue weighted by atomic mass is 32.2. The van der Waals surface area contributed by atoms with E-state index in [0.29, 0.717) is 18.0 Å². The van der Waals surface area contributed by atoms with Gasteiger partial charge in [0.15, 0.2) is 0 Å². The maximum Gasteiger partial charge on any atom is 0.214 e. The average molecular weight is 306 g/mol. The summed E-state index contributed by atoms with van der Waals surface area (Å²) in [6.07, 6.45) is 5.57. The van der Waals surface area contributed by atoms with Gasteiger partial charge in [-0.05, 0) is 36.5 Å². The Morgan fingerprint density at radius 2 is 2.00 bits per heavy atom. The van der Waals surface area contributed by atoms with E-state index in [1.165, 1.54) is 10.7 Å². The van der Waals surface area contributed by atoms with Crippen LogP contribution in [0.5, 0.6) is 0 Å². The molecule has 0 unspecified atom stereocenters. The van der Waals surface area contributed by atoms with E-state index in [0.717, 1.165) is 31.2 Å². The van der Waals surface area contributed by atoms with Gasteiger partial charge in [-0.1, -0.05) is 31.4 Å². The quantitative estimate of drug-likeness (QED) is 0.840. The second-order valence-electron chi connectivity index (χ2n) is 5.85. The van der Waals surface area contributed by atoms with Gasteiger partial charge in [0.05, 0.1) is 17.4 Å². The van der Waals surface area contributed by atoms with Gasteiger partial charge < -0.3 is 0 Å². The summed E-state index contributed by atoms with van der Waals surface area (Å²) in [7, 11) is -1.61. The molecule has 0 radical (unpaired) electrons. The lowest BCUT2D eigenvalue weighted by molar-refractivity contribution is 0.374. The predicted molar refractivity (Wildman–Crippen MR) is 83.0 cm³/mol. The lowest BCUT2D eigenvalue weighted by Crippen LogP contribution is -2.32. The third-order valence-corrected chi connectivity index (χ3v) is 6.08. The molecule has 0 bridgehead atoms. The molecule has 0 atom stereocenters. The summed E-state index contributed by atoms with van der Waals surface area (Å²) in [4.78, 5) is 0. The summed E-state index contributed by atoms with van der Waals surface area (Å²) in [5.41, 5.74) is 1.41. The zero-order valence-electron chi connectivity index (χ0n) is 12.5. The number of benzene rings is 1. The van der Waals surface area contributed by atoms with E-state index < -0.39 is 10.0 Å². The molecule has 21 heavy (non-hydrogen) atoms. The number of rotatable bonds is 5. The third-order valence-electron chi connectivity index (χ3n) is 4.11. The second-order valence-corrected chi connectivity index (χ2v) is 7.97. The molecule has 0 heterocycles. The van der Waals surface area contributed by atoms with Crippen LogP contribution in [0, 0.1) is 17.2 Å². The lowest BCUT2D eigenvalue weighted by Gasteiger charge is -2.24. The minimum absolute atomic E-state index is 0.251. The molecule has 0 N–H and O–H groups in total. The predicted octanol–water partition coefficient (Wildman–Crippen LogP) is 2.90. The molecule has 1 aromatic rings. The van der Waals surface area contributed by atoms with Gasteiger partial charge in [-0.3, -0.25) is 0 Å². The summed E-state index contributed by atoms with van der Waals surface area (Å²) in [5, 5.41) is 8.89. The fourth-order valence-corrected chi connectivity index (χ4v) is 4.40. The molecule has 5 heteroatoms. The van der Waals surface area contributed by atoms with E-state index >= 15 is 0 Å². The summed E-state index contributed by atoms with van der Waals surface area (Å²) in [6.45, 7) is 0.324. The van der Waals surface area contributed by atoms with Gasteiger partial charge in [-0.15, -0.1) is 0 Å². The van der Waals surface area contributed by atoms with Crippen LogP contribution < -0.4 is 0 Å². The van der Waals surface area contributed by atoms with Gasteiger partial charge in [-0.2, -0.15) is 5.26 Å². The van der Waals surface area contributed by atoms with E-state index in [9.17, 15) is 8.42 Å². The molecular formula is C16H22N2O2S. The molecule has 1 aliphatic rings. The third kappa shape index (κ3) is 4.55. The first-order valence-electron chi connectivity index (χ1n) is 7.44. The molecule has 4 nitrogen and oxygen atoms in total. The normalized spacial score (nSPS) is 16.8. The summed E-state index contributed by atoms with van der Waals surface area (Å²) < 4.78 is 26.3. The van der Waals surface area contributed by atoms with Crippen molar-refractivity contribution in [3.8, 4) is 6.07 Å². The van der Waals surface area contributed by atoms with Crippen LogP contribution in [0.1, 0.15) is 43.2 Å². The Morgan fingerprint density at radius 3 is 2.67 bits per heavy atom. The van der Waals surface area contributed by atoms with E-state index in [1.807, 2.05) is 6.07 Å². The summed E-state index contributed by atoms with van der Waals surface area (Å²) in [6, 6.07) is 9.18. The maximum absolute atomic E-state index is 12.4. The molecule has 1 fully saturated rings. The Balaban J connectivity index is 2.00. The molecule has 0 aliphatic heterocycles. The Labute approximate surface area is 127 Å². The molecule has 1 saturated carbocycles. The van der Waals surface area contributed by atoms with E-state index in [-0.39, 0.29) is 5.75 Å². The summed E-state index contributed by atoms with van der Waals surface area (Å²) >= 11 is 0. The second kappa shape index (κ2) is 7.06. The van der Waals surface area contributed by atoms with Crippen LogP contribution in [-0.2, 0) is 16.6 Å². The smallest absolute Gasteiger partial charge is 0.212 e. The molecule has 1 aromatic carbocycles.